The van der Waals surface area contributed by atoms with Gasteiger partial charge in [-0.3, -0.25) is 4.79 Å². The topological polar surface area (TPSA) is 70.1 Å². The zero-order valence-electron chi connectivity index (χ0n) is 12.1. The van der Waals surface area contributed by atoms with Crippen LogP contribution in [0.2, 0.25) is 0 Å². The van der Waals surface area contributed by atoms with E-state index in [1.54, 1.807) is 23.8 Å². The van der Waals surface area contributed by atoms with Gasteiger partial charge in [0.1, 0.15) is 0 Å². The van der Waals surface area contributed by atoms with Gasteiger partial charge in [0.15, 0.2) is 0 Å². The van der Waals surface area contributed by atoms with E-state index in [9.17, 15) is 9.59 Å². The Morgan fingerprint density at radius 1 is 1.47 bits per heavy atom. The van der Waals surface area contributed by atoms with Gasteiger partial charge in [0, 0.05) is 32.3 Å². The number of likely N-dealkylation sites (tertiary alicyclic amines) is 1. The van der Waals surface area contributed by atoms with E-state index < -0.39 is 11.9 Å². The molecule has 6 heteroatoms. The van der Waals surface area contributed by atoms with Crippen molar-refractivity contribution in [2.45, 2.75) is 39.3 Å². The molecule has 0 radical (unpaired) electrons. The van der Waals surface area contributed by atoms with Crippen LogP contribution in [0.1, 0.15) is 27.2 Å². The Morgan fingerprint density at radius 3 is 2.53 bits per heavy atom. The Morgan fingerprint density at radius 2 is 2.11 bits per heavy atom. The van der Waals surface area contributed by atoms with Crippen LogP contribution in [0.25, 0.3) is 0 Å². The molecule has 2 unspecified atom stereocenters. The fourth-order valence-electron chi connectivity index (χ4n) is 2.47. The standard InChI is InChI=1S/C13H24N2O4/c1-9(2)14(7-8-19-4)13(18)15-6-5-11(10(15)3)12(16)17/h9-11H,5-8H2,1-4H3,(H,16,17). The van der Waals surface area contributed by atoms with Crippen LogP contribution in [0, 0.1) is 5.92 Å². The number of ether oxygens (including phenoxy) is 1. The lowest BCUT2D eigenvalue weighted by molar-refractivity contribution is -0.142. The molecule has 110 valence electrons. The summed E-state index contributed by atoms with van der Waals surface area (Å²) in [6.07, 6.45) is 0.526. The van der Waals surface area contributed by atoms with Crippen molar-refractivity contribution in [1.29, 1.82) is 0 Å². The summed E-state index contributed by atoms with van der Waals surface area (Å²) < 4.78 is 5.01. The molecule has 1 saturated heterocycles. The van der Waals surface area contributed by atoms with Crippen molar-refractivity contribution < 1.29 is 19.4 Å². The SMILES string of the molecule is COCCN(C(=O)N1CCC(C(=O)O)C1C)C(C)C. The maximum absolute atomic E-state index is 12.5. The molecule has 2 atom stereocenters. The normalized spacial score (nSPS) is 22.9. The summed E-state index contributed by atoms with van der Waals surface area (Å²) in [5.41, 5.74) is 0. The summed E-state index contributed by atoms with van der Waals surface area (Å²) in [7, 11) is 1.60. The van der Waals surface area contributed by atoms with Crippen LogP contribution in [0.5, 0.6) is 0 Å². The summed E-state index contributed by atoms with van der Waals surface area (Å²) in [6.45, 7) is 7.21. The monoisotopic (exact) mass is 272 g/mol. The molecule has 0 saturated carbocycles. The largest absolute Gasteiger partial charge is 0.481 e. The number of carboxylic acid groups (broad SMARTS) is 1. The third-order valence-corrected chi connectivity index (χ3v) is 3.72. The van der Waals surface area contributed by atoms with Crippen molar-refractivity contribution in [1.82, 2.24) is 9.80 Å². The molecule has 1 aliphatic heterocycles. The number of carboxylic acids is 1. The molecule has 1 aliphatic rings. The first-order chi connectivity index (χ1) is 8.90. The zero-order chi connectivity index (χ0) is 14.6. The number of carbonyl (C=O) groups excluding carboxylic acids is 1. The number of methoxy groups -OCH3 is 1. The van der Waals surface area contributed by atoms with Gasteiger partial charge >= 0.3 is 12.0 Å². The summed E-state index contributed by atoms with van der Waals surface area (Å²) in [4.78, 5) is 26.9. The second-order valence-electron chi connectivity index (χ2n) is 5.23. The van der Waals surface area contributed by atoms with Crippen LogP contribution >= 0.6 is 0 Å². The van der Waals surface area contributed by atoms with Gasteiger partial charge in [-0.25, -0.2) is 4.79 Å². The van der Waals surface area contributed by atoms with Crippen molar-refractivity contribution in [3.8, 4) is 0 Å². The maximum Gasteiger partial charge on any atom is 0.320 e. The molecule has 1 rings (SSSR count). The number of rotatable bonds is 5. The molecule has 1 heterocycles. The van der Waals surface area contributed by atoms with Gasteiger partial charge < -0.3 is 19.6 Å². The minimum Gasteiger partial charge on any atom is -0.481 e. The zero-order valence-corrected chi connectivity index (χ0v) is 12.1. The number of nitrogens with zero attached hydrogens (tertiary/aromatic N) is 2. The van der Waals surface area contributed by atoms with E-state index in [-0.39, 0.29) is 18.1 Å². The van der Waals surface area contributed by atoms with E-state index in [4.69, 9.17) is 9.84 Å². The van der Waals surface area contributed by atoms with Crippen molar-refractivity contribution in [2.24, 2.45) is 5.92 Å². The summed E-state index contributed by atoms with van der Waals surface area (Å²) in [5.74, 6) is -1.28. The lowest BCUT2D eigenvalue weighted by atomic mass is 10.0. The fourth-order valence-corrected chi connectivity index (χ4v) is 2.47. The molecule has 6 nitrogen and oxygen atoms in total. The van der Waals surface area contributed by atoms with E-state index in [0.717, 1.165) is 0 Å². The number of carbonyl (C=O) groups is 2. The smallest absolute Gasteiger partial charge is 0.320 e. The number of hydrogen-bond donors (Lipinski definition) is 1. The molecule has 1 fully saturated rings. The molecule has 2 amide bonds. The summed E-state index contributed by atoms with van der Waals surface area (Å²) in [5, 5.41) is 9.10. The van der Waals surface area contributed by atoms with E-state index in [0.29, 0.717) is 26.1 Å². The van der Waals surface area contributed by atoms with Gasteiger partial charge in [0.05, 0.1) is 12.5 Å². The Balaban J connectivity index is 2.72. The third-order valence-electron chi connectivity index (χ3n) is 3.72. The average molecular weight is 272 g/mol. The number of amides is 2. The molecule has 0 aromatic rings. The highest BCUT2D eigenvalue weighted by Gasteiger charge is 2.39. The Hall–Kier alpha value is -1.30. The highest BCUT2D eigenvalue weighted by Crippen LogP contribution is 2.25. The summed E-state index contributed by atoms with van der Waals surface area (Å²) in [6, 6.07) is -0.282. The first kappa shape index (κ1) is 15.8. The van der Waals surface area contributed by atoms with Crippen LogP contribution in [0.4, 0.5) is 4.79 Å². The lowest BCUT2D eigenvalue weighted by Gasteiger charge is -2.33. The first-order valence-electron chi connectivity index (χ1n) is 6.69. The average Bonchev–Trinajstić information content (AvgIpc) is 2.71. The minimum absolute atomic E-state index is 0.0683. The Bertz CT molecular complexity index is 333. The van der Waals surface area contributed by atoms with Crippen molar-refractivity contribution in [2.75, 3.05) is 26.8 Å². The Labute approximate surface area is 114 Å². The maximum atomic E-state index is 12.5. The predicted molar refractivity (Wildman–Crippen MR) is 71.0 cm³/mol. The van der Waals surface area contributed by atoms with Gasteiger partial charge in [-0.15, -0.1) is 0 Å². The molecule has 19 heavy (non-hydrogen) atoms. The first-order valence-corrected chi connectivity index (χ1v) is 6.69. The molecule has 1 N–H and O–H groups in total. The minimum atomic E-state index is -0.823. The van der Waals surface area contributed by atoms with Crippen LogP contribution < -0.4 is 0 Å². The molecule has 0 aromatic heterocycles. The van der Waals surface area contributed by atoms with E-state index in [1.165, 1.54) is 0 Å². The quantitative estimate of drug-likeness (QED) is 0.818. The number of aliphatic carboxylic acids is 1. The highest BCUT2D eigenvalue weighted by molar-refractivity contribution is 5.78. The molecular weight excluding hydrogens is 248 g/mol. The van der Waals surface area contributed by atoms with Crippen molar-refractivity contribution in [3.63, 3.8) is 0 Å². The molecule has 0 spiro atoms. The predicted octanol–water partition coefficient (Wildman–Crippen LogP) is 1.26. The van der Waals surface area contributed by atoms with Gasteiger partial charge in [-0.2, -0.15) is 0 Å². The van der Waals surface area contributed by atoms with E-state index in [2.05, 4.69) is 0 Å². The third kappa shape index (κ3) is 3.59. The second-order valence-corrected chi connectivity index (χ2v) is 5.23. The van der Waals surface area contributed by atoms with Crippen LogP contribution in [0.3, 0.4) is 0 Å². The van der Waals surface area contributed by atoms with Crippen molar-refractivity contribution >= 4 is 12.0 Å². The fraction of sp³-hybridized carbons (Fsp3) is 0.846. The molecule has 0 aliphatic carbocycles. The second kappa shape index (κ2) is 6.75. The lowest BCUT2D eigenvalue weighted by Crippen LogP contribution is -2.49. The van der Waals surface area contributed by atoms with Gasteiger partial charge in [-0.1, -0.05) is 0 Å². The summed E-state index contributed by atoms with van der Waals surface area (Å²) >= 11 is 0. The van der Waals surface area contributed by atoms with Gasteiger partial charge in [0.2, 0.25) is 0 Å². The molecule has 0 aromatic carbocycles. The van der Waals surface area contributed by atoms with Crippen LogP contribution in [-0.2, 0) is 9.53 Å². The molecule has 0 bridgehead atoms. The number of urea groups is 1. The van der Waals surface area contributed by atoms with E-state index in [1.807, 2.05) is 13.8 Å². The van der Waals surface area contributed by atoms with Gasteiger partial charge in [-0.05, 0) is 27.2 Å². The highest BCUT2D eigenvalue weighted by atomic mass is 16.5. The van der Waals surface area contributed by atoms with Crippen molar-refractivity contribution in [3.05, 3.63) is 0 Å². The molecular formula is C13H24N2O4. The van der Waals surface area contributed by atoms with E-state index >= 15 is 0 Å². The Kier molecular flexibility index (Phi) is 5.60. The number of hydrogen-bond acceptors (Lipinski definition) is 3. The van der Waals surface area contributed by atoms with Crippen LogP contribution in [-0.4, -0.2) is 65.8 Å². The van der Waals surface area contributed by atoms with Gasteiger partial charge in [0.25, 0.3) is 0 Å². The van der Waals surface area contributed by atoms with Crippen LogP contribution in [0.15, 0.2) is 0 Å².